The van der Waals surface area contributed by atoms with Crippen LogP contribution < -0.4 is 11.5 Å². The van der Waals surface area contributed by atoms with Crippen LogP contribution in [0.15, 0.2) is 0 Å². The molecule has 1 aliphatic rings. The Balaban J connectivity index is 2.58. The van der Waals surface area contributed by atoms with E-state index in [0.717, 1.165) is 19.4 Å². The molecular weight excluding hydrogens is 222 g/mol. The van der Waals surface area contributed by atoms with Gasteiger partial charge in [0, 0.05) is 11.1 Å². The molecule has 0 saturated carbocycles. The van der Waals surface area contributed by atoms with E-state index < -0.39 is 0 Å². The number of hydrogen-bond acceptors (Lipinski definition) is 3. The summed E-state index contributed by atoms with van der Waals surface area (Å²) < 4.78 is 0. The lowest BCUT2D eigenvalue weighted by molar-refractivity contribution is -0.0623. The largest absolute Gasteiger partial charge is 0.330 e. The maximum absolute atomic E-state index is 6.48. The first-order valence-corrected chi connectivity index (χ1v) is 7.56. The highest BCUT2D eigenvalue weighted by Gasteiger charge is 2.43. The third-order valence-corrected chi connectivity index (χ3v) is 4.42. The van der Waals surface area contributed by atoms with Gasteiger partial charge in [-0.3, -0.25) is 4.90 Å². The van der Waals surface area contributed by atoms with Gasteiger partial charge in [-0.2, -0.15) is 0 Å². The molecule has 0 aromatic carbocycles. The second kappa shape index (κ2) is 6.36. The van der Waals surface area contributed by atoms with E-state index in [1.165, 1.54) is 32.1 Å². The van der Waals surface area contributed by atoms with Crippen molar-refractivity contribution >= 4 is 0 Å². The standard InChI is InChI=1S/C15H33N3/c1-14(2)10-8-11-15(3,4)18(14)13(17)9-6-5-7-12-16/h13H,5-12,16-17H2,1-4H3. The van der Waals surface area contributed by atoms with Crippen molar-refractivity contribution in [3.05, 3.63) is 0 Å². The lowest BCUT2D eigenvalue weighted by Crippen LogP contribution is -2.64. The van der Waals surface area contributed by atoms with Crippen molar-refractivity contribution in [1.82, 2.24) is 4.90 Å². The molecular formula is C15H33N3. The van der Waals surface area contributed by atoms with Crippen LogP contribution in [0.4, 0.5) is 0 Å². The molecule has 0 spiro atoms. The molecule has 3 nitrogen and oxygen atoms in total. The molecule has 1 heterocycles. The second-order valence-corrected chi connectivity index (χ2v) is 7.05. The van der Waals surface area contributed by atoms with Gasteiger partial charge in [-0.05, 0) is 66.3 Å². The minimum Gasteiger partial charge on any atom is -0.330 e. The quantitative estimate of drug-likeness (QED) is 0.718. The molecule has 18 heavy (non-hydrogen) atoms. The Morgan fingerprint density at radius 1 is 1.00 bits per heavy atom. The van der Waals surface area contributed by atoms with Gasteiger partial charge in [0.2, 0.25) is 0 Å². The summed E-state index contributed by atoms with van der Waals surface area (Å²) >= 11 is 0. The van der Waals surface area contributed by atoms with Crippen molar-refractivity contribution in [2.75, 3.05) is 6.54 Å². The average molecular weight is 255 g/mol. The molecule has 1 aliphatic heterocycles. The van der Waals surface area contributed by atoms with Crippen molar-refractivity contribution in [1.29, 1.82) is 0 Å². The molecule has 3 heteroatoms. The van der Waals surface area contributed by atoms with Crippen LogP contribution in [0.1, 0.15) is 72.6 Å². The predicted molar refractivity (Wildman–Crippen MR) is 79.3 cm³/mol. The fourth-order valence-electron chi connectivity index (χ4n) is 3.72. The second-order valence-electron chi connectivity index (χ2n) is 7.05. The summed E-state index contributed by atoms with van der Waals surface area (Å²) in [7, 11) is 0. The van der Waals surface area contributed by atoms with Gasteiger partial charge in [-0.15, -0.1) is 0 Å². The summed E-state index contributed by atoms with van der Waals surface area (Å²) in [5, 5.41) is 0. The molecule has 0 aromatic rings. The molecule has 4 N–H and O–H groups in total. The Morgan fingerprint density at radius 2 is 1.56 bits per heavy atom. The summed E-state index contributed by atoms with van der Waals surface area (Å²) in [6.07, 6.45) is 8.63. The lowest BCUT2D eigenvalue weighted by Gasteiger charge is -2.55. The third-order valence-electron chi connectivity index (χ3n) is 4.42. The summed E-state index contributed by atoms with van der Waals surface area (Å²) in [6.45, 7) is 10.2. The number of unbranched alkanes of at least 4 members (excludes halogenated alkanes) is 2. The van der Waals surface area contributed by atoms with Crippen molar-refractivity contribution in [3.63, 3.8) is 0 Å². The van der Waals surface area contributed by atoms with E-state index in [9.17, 15) is 0 Å². The number of hydrogen-bond donors (Lipinski definition) is 2. The molecule has 1 unspecified atom stereocenters. The molecule has 0 bridgehead atoms. The van der Waals surface area contributed by atoms with E-state index in [1.54, 1.807) is 0 Å². The minimum atomic E-state index is 0.188. The maximum atomic E-state index is 6.48. The minimum absolute atomic E-state index is 0.188. The van der Waals surface area contributed by atoms with Crippen LogP contribution in [0.5, 0.6) is 0 Å². The first-order chi connectivity index (χ1) is 8.31. The van der Waals surface area contributed by atoms with Gasteiger partial charge < -0.3 is 11.5 Å². The van der Waals surface area contributed by atoms with Crippen LogP contribution in [0.3, 0.4) is 0 Å². The molecule has 1 rings (SSSR count). The number of likely N-dealkylation sites (tertiary alicyclic amines) is 1. The topological polar surface area (TPSA) is 55.3 Å². The van der Waals surface area contributed by atoms with Crippen molar-refractivity contribution in [3.8, 4) is 0 Å². The Labute approximate surface area is 113 Å². The van der Waals surface area contributed by atoms with Crippen LogP contribution >= 0.6 is 0 Å². The monoisotopic (exact) mass is 255 g/mol. The smallest absolute Gasteiger partial charge is 0.0581 e. The fraction of sp³-hybridized carbons (Fsp3) is 1.00. The van der Waals surface area contributed by atoms with Gasteiger partial charge in [0.25, 0.3) is 0 Å². The summed E-state index contributed by atoms with van der Waals surface area (Å²) in [5.74, 6) is 0. The van der Waals surface area contributed by atoms with E-state index in [0.29, 0.717) is 0 Å². The van der Waals surface area contributed by atoms with E-state index >= 15 is 0 Å². The van der Waals surface area contributed by atoms with Gasteiger partial charge in [0.05, 0.1) is 6.17 Å². The normalized spacial score (nSPS) is 25.0. The van der Waals surface area contributed by atoms with Gasteiger partial charge in [-0.25, -0.2) is 0 Å². The SMILES string of the molecule is CC1(C)CCCC(C)(C)N1C(N)CCCCCN. The zero-order valence-corrected chi connectivity index (χ0v) is 12.8. The molecule has 1 atom stereocenters. The van der Waals surface area contributed by atoms with Crippen LogP contribution in [-0.4, -0.2) is 28.7 Å². The lowest BCUT2D eigenvalue weighted by atomic mass is 9.79. The number of rotatable bonds is 6. The highest BCUT2D eigenvalue weighted by molar-refractivity contribution is 4.98. The number of piperidine rings is 1. The van der Waals surface area contributed by atoms with E-state index in [-0.39, 0.29) is 17.2 Å². The van der Waals surface area contributed by atoms with Crippen LogP contribution in [0.2, 0.25) is 0 Å². The summed E-state index contributed by atoms with van der Waals surface area (Å²) in [5.41, 5.74) is 12.5. The predicted octanol–water partition coefficient (Wildman–Crippen LogP) is 2.83. The highest BCUT2D eigenvalue weighted by Crippen LogP contribution is 2.39. The average Bonchev–Trinajstić information content (AvgIpc) is 2.21. The van der Waals surface area contributed by atoms with Crippen molar-refractivity contribution in [2.45, 2.75) is 89.9 Å². The molecule has 108 valence electrons. The molecule has 0 amide bonds. The third kappa shape index (κ3) is 3.94. The molecule has 0 aliphatic carbocycles. The van der Waals surface area contributed by atoms with E-state index in [2.05, 4.69) is 32.6 Å². The van der Waals surface area contributed by atoms with Gasteiger partial charge in [0.15, 0.2) is 0 Å². The Kier molecular flexibility index (Phi) is 5.63. The summed E-state index contributed by atoms with van der Waals surface area (Å²) in [6, 6.07) is 0. The number of nitrogens with two attached hydrogens (primary N) is 2. The van der Waals surface area contributed by atoms with E-state index in [4.69, 9.17) is 11.5 Å². The molecule has 1 saturated heterocycles. The zero-order valence-electron chi connectivity index (χ0n) is 12.8. The van der Waals surface area contributed by atoms with Crippen molar-refractivity contribution < 1.29 is 0 Å². The first kappa shape index (κ1) is 15.9. The number of nitrogens with zero attached hydrogens (tertiary/aromatic N) is 1. The first-order valence-electron chi connectivity index (χ1n) is 7.56. The van der Waals surface area contributed by atoms with Gasteiger partial charge >= 0.3 is 0 Å². The Bertz CT molecular complexity index is 232. The summed E-state index contributed by atoms with van der Waals surface area (Å²) in [4.78, 5) is 2.56. The van der Waals surface area contributed by atoms with Gasteiger partial charge in [0.1, 0.15) is 0 Å². The van der Waals surface area contributed by atoms with Crippen LogP contribution in [0, 0.1) is 0 Å². The van der Waals surface area contributed by atoms with E-state index in [1.807, 2.05) is 0 Å². The zero-order chi connectivity index (χ0) is 13.8. The maximum Gasteiger partial charge on any atom is 0.0581 e. The van der Waals surface area contributed by atoms with Crippen LogP contribution in [-0.2, 0) is 0 Å². The Hall–Kier alpha value is -0.120. The molecule has 0 aromatic heterocycles. The molecule has 1 fully saturated rings. The fourth-order valence-corrected chi connectivity index (χ4v) is 3.72. The van der Waals surface area contributed by atoms with Crippen molar-refractivity contribution in [2.24, 2.45) is 11.5 Å². The highest BCUT2D eigenvalue weighted by atomic mass is 15.3. The molecule has 0 radical (unpaired) electrons. The van der Waals surface area contributed by atoms with Crippen LogP contribution in [0.25, 0.3) is 0 Å². The Morgan fingerprint density at radius 3 is 2.06 bits per heavy atom. The van der Waals surface area contributed by atoms with Gasteiger partial charge in [-0.1, -0.05) is 12.8 Å².